The fourth-order valence-electron chi connectivity index (χ4n) is 2.33. The molecule has 1 aromatic carbocycles. The van der Waals surface area contributed by atoms with Crippen molar-refractivity contribution in [2.45, 2.75) is 19.4 Å². The largest absolute Gasteiger partial charge is 0.361 e. The van der Waals surface area contributed by atoms with E-state index in [4.69, 9.17) is 10.6 Å². The van der Waals surface area contributed by atoms with E-state index < -0.39 is 12.0 Å². The molecule has 5 nitrogen and oxygen atoms in total. The van der Waals surface area contributed by atoms with E-state index in [1.165, 1.54) is 10.3 Å². The number of rotatable bonds is 4. The molecule has 3 N–H and O–H groups in total. The molecule has 2 heterocycles. The first kappa shape index (κ1) is 13.5. The minimum Gasteiger partial charge on any atom is -0.361 e. The van der Waals surface area contributed by atoms with Crippen LogP contribution in [0.5, 0.6) is 0 Å². The molecule has 1 atom stereocenters. The van der Waals surface area contributed by atoms with Gasteiger partial charge in [0.25, 0.3) is 0 Å². The van der Waals surface area contributed by atoms with E-state index in [9.17, 15) is 4.79 Å². The number of fused-ring (bicyclic) bond motifs is 1. The number of benzene rings is 1. The van der Waals surface area contributed by atoms with Crippen LogP contribution in [-0.4, -0.2) is 21.7 Å². The summed E-state index contributed by atoms with van der Waals surface area (Å²) in [5.41, 5.74) is 9.19. The van der Waals surface area contributed by atoms with E-state index in [1.807, 2.05) is 25.3 Å². The van der Waals surface area contributed by atoms with Crippen LogP contribution in [-0.2, 0) is 11.2 Å². The minimum absolute atomic E-state index is 0.434. The second kappa shape index (κ2) is 5.46. The molecule has 108 valence electrons. The molecule has 0 aliphatic carbocycles. The van der Waals surface area contributed by atoms with E-state index in [-0.39, 0.29) is 0 Å². The highest BCUT2D eigenvalue weighted by atomic mass is 16.7. The molecule has 0 aliphatic heterocycles. The van der Waals surface area contributed by atoms with Crippen LogP contribution < -0.4 is 10.6 Å². The van der Waals surface area contributed by atoms with E-state index in [2.05, 4.69) is 11.1 Å². The van der Waals surface area contributed by atoms with E-state index in [1.54, 1.807) is 24.5 Å². The third-order valence-electron chi connectivity index (χ3n) is 3.44. The number of aromatic nitrogens is 2. The number of aryl methyl sites for hydroxylation is 1. The van der Waals surface area contributed by atoms with Crippen molar-refractivity contribution in [2.75, 3.05) is 0 Å². The summed E-state index contributed by atoms with van der Waals surface area (Å²) >= 11 is 0. The van der Waals surface area contributed by atoms with Gasteiger partial charge in [0.15, 0.2) is 0 Å². The third kappa shape index (κ3) is 2.83. The molecule has 0 aliphatic rings. The summed E-state index contributed by atoms with van der Waals surface area (Å²) in [6, 6.07) is 9.01. The lowest BCUT2D eigenvalue weighted by Gasteiger charge is -2.10. The molecular weight excluding hydrogens is 266 g/mol. The Morgan fingerprint density at radius 2 is 2.14 bits per heavy atom. The van der Waals surface area contributed by atoms with Crippen molar-refractivity contribution in [1.29, 1.82) is 0 Å². The smallest absolute Gasteiger partial charge is 0.349 e. The third-order valence-corrected chi connectivity index (χ3v) is 3.44. The lowest BCUT2D eigenvalue weighted by Crippen LogP contribution is -2.38. The Balaban J connectivity index is 1.75. The topological polar surface area (TPSA) is 73.0 Å². The zero-order valence-electron chi connectivity index (χ0n) is 11.7. The summed E-state index contributed by atoms with van der Waals surface area (Å²) in [6.45, 7) is 2.04. The molecular formula is C16H17N3O2. The number of H-pyrrole nitrogens is 1. The van der Waals surface area contributed by atoms with Gasteiger partial charge < -0.3 is 15.6 Å². The SMILES string of the molecule is Cc1ccc2[nH]cc(C[C@H](N)C(=O)On3cccc3)c2c1. The maximum absolute atomic E-state index is 12.0. The molecule has 0 fully saturated rings. The maximum Gasteiger partial charge on any atom is 0.349 e. The van der Waals surface area contributed by atoms with Crippen LogP contribution in [0.4, 0.5) is 0 Å². The fourth-order valence-corrected chi connectivity index (χ4v) is 2.33. The van der Waals surface area contributed by atoms with Gasteiger partial charge in [0.05, 0.1) is 0 Å². The zero-order chi connectivity index (χ0) is 14.8. The van der Waals surface area contributed by atoms with Crippen molar-refractivity contribution in [3.05, 3.63) is 60.0 Å². The van der Waals surface area contributed by atoms with Gasteiger partial charge in [-0.25, -0.2) is 4.79 Å². The Kier molecular flexibility index (Phi) is 3.50. The molecule has 2 aromatic heterocycles. The first-order valence-electron chi connectivity index (χ1n) is 6.81. The van der Waals surface area contributed by atoms with Crippen LogP contribution in [0.15, 0.2) is 48.9 Å². The number of nitrogens with zero attached hydrogens (tertiary/aromatic N) is 1. The van der Waals surface area contributed by atoms with Crippen LogP contribution in [0.25, 0.3) is 10.9 Å². The fraction of sp³-hybridized carbons (Fsp3) is 0.188. The average molecular weight is 283 g/mol. The monoisotopic (exact) mass is 283 g/mol. The molecule has 21 heavy (non-hydrogen) atoms. The van der Waals surface area contributed by atoms with E-state index in [0.717, 1.165) is 16.5 Å². The Morgan fingerprint density at radius 3 is 2.90 bits per heavy atom. The molecule has 0 bridgehead atoms. The second-order valence-electron chi connectivity index (χ2n) is 5.13. The van der Waals surface area contributed by atoms with Crippen molar-refractivity contribution in [3.63, 3.8) is 0 Å². The Hall–Kier alpha value is -2.53. The van der Waals surface area contributed by atoms with Gasteiger partial charge in [-0.1, -0.05) is 11.6 Å². The normalized spacial score (nSPS) is 12.5. The predicted octanol–water partition coefficient (Wildman–Crippen LogP) is 1.80. The van der Waals surface area contributed by atoms with E-state index in [0.29, 0.717) is 6.42 Å². The Morgan fingerprint density at radius 1 is 1.38 bits per heavy atom. The van der Waals surface area contributed by atoms with Crippen molar-refractivity contribution in [3.8, 4) is 0 Å². The lowest BCUT2D eigenvalue weighted by molar-refractivity contribution is -0.145. The number of carbonyl (C=O) groups is 1. The van der Waals surface area contributed by atoms with Gasteiger partial charge in [-0.05, 0) is 36.8 Å². The molecule has 0 amide bonds. The minimum atomic E-state index is -0.702. The quantitative estimate of drug-likeness (QED) is 0.767. The molecule has 0 saturated carbocycles. The zero-order valence-corrected chi connectivity index (χ0v) is 11.7. The molecule has 0 saturated heterocycles. The van der Waals surface area contributed by atoms with Crippen LogP contribution in [0.1, 0.15) is 11.1 Å². The molecule has 3 aromatic rings. The highest BCUT2D eigenvalue weighted by Gasteiger charge is 2.18. The van der Waals surface area contributed by atoms with Crippen LogP contribution in [0.3, 0.4) is 0 Å². The van der Waals surface area contributed by atoms with Crippen LogP contribution in [0, 0.1) is 6.92 Å². The van der Waals surface area contributed by atoms with E-state index >= 15 is 0 Å². The molecule has 0 spiro atoms. The summed E-state index contributed by atoms with van der Waals surface area (Å²) in [5, 5.41) is 1.10. The highest BCUT2D eigenvalue weighted by Crippen LogP contribution is 2.20. The van der Waals surface area contributed by atoms with Gasteiger partial charge in [-0.15, -0.1) is 0 Å². The first-order chi connectivity index (χ1) is 10.1. The van der Waals surface area contributed by atoms with Crippen molar-refractivity contribution in [1.82, 2.24) is 9.71 Å². The Labute approximate surface area is 122 Å². The number of hydrogen-bond donors (Lipinski definition) is 2. The van der Waals surface area contributed by atoms with Crippen molar-refractivity contribution < 1.29 is 9.63 Å². The van der Waals surface area contributed by atoms with Crippen LogP contribution >= 0.6 is 0 Å². The van der Waals surface area contributed by atoms with Crippen molar-refractivity contribution in [2.24, 2.45) is 5.73 Å². The van der Waals surface area contributed by atoms with Gasteiger partial charge in [-0.3, -0.25) is 0 Å². The lowest BCUT2D eigenvalue weighted by atomic mass is 10.0. The summed E-state index contributed by atoms with van der Waals surface area (Å²) < 4.78 is 1.35. The number of nitrogens with two attached hydrogens (primary N) is 1. The van der Waals surface area contributed by atoms with Gasteiger partial charge in [0.2, 0.25) is 0 Å². The number of nitrogens with one attached hydrogen (secondary N) is 1. The molecule has 0 radical (unpaired) electrons. The van der Waals surface area contributed by atoms with Gasteiger partial charge in [0.1, 0.15) is 6.04 Å². The second-order valence-corrected chi connectivity index (χ2v) is 5.13. The predicted molar refractivity (Wildman–Crippen MR) is 80.7 cm³/mol. The summed E-state index contributed by atoms with van der Waals surface area (Å²) in [6.07, 6.45) is 5.63. The highest BCUT2D eigenvalue weighted by molar-refractivity contribution is 5.85. The molecule has 5 heteroatoms. The van der Waals surface area contributed by atoms with Gasteiger partial charge in [-0.2, -0.15) is 4.73 Å². The summed E-state index contributed by atoms with van der Waals surface area (Å²) in [4.78, 5) is 20.3. The van der Waals surface area contributed by atoms with Gasteiger partial charge in [0, 0.05) is 35.9 Å². The number of aromatic amines is 1. The maximum atomic E-state index is 12.0. The summed E-state index contributed by atoms with van der Waals surface area (Å²) in [5.74, 6) is -0.451. The van der Waals surface area contributed by atoms with Gasteiger partial charge >= 0.3 is 5.97 Å². The number of carbonyl (C=O) groups excluding carboxylic acids is 1. The number of hydrogen-bond acceptors (Lipinski definition) is 3. The first-order valence-corrected chi connectivity index (χ1v) is 6.81. The Bertz CT molecular complexity index is 759. The standard InChI is InChI=1S/C16H17N3O2/c1-11-4-5-15-13(8-11)12(10-18-15)9-14(17)16(20)21-19-6-2-3-7-19/h2-8,10,14,18H,9,17H2,1H3/t14-/m0/s1. The summed E-state index contributed by atoms with van der Waals surface area (Å²) in [7, 11) is 0. The molecule has 0 unspecified atom stereocenters. The van der Waals surface area contributed by atoms with Crippen molar-refractivity contribution >= 4 is 16.9 Å². The average Bonchev–Trinajstić information content (AvgIpc) is 3.09. The van der Waals surface area contributed by atoms with Crippen LogP contribution in [0.2, 0.25) is 0 Å². The molecule has 3 rings (SSSR count).